The number of hydrogen-bond donors (Lipinski definition) is 1. The lowest BCUT2D eigenvalue weighted by molar-refractivity contribution is -0.131. The zero-order chi connectivity index (χ0) is 16.5. The number of carbonyl (C=O) groups is 1. The van der Waals surface area contributed by atoms with Crippen LogP contribution in [0.25, 0.3) is 6.08 Å². The van der Waals surface area contributed by atoms with Gasteiger partial charge in [0.25, 0.3) is 0 Å². The van der Waals surface area contributed by atoms with Gasteiger partial charge >= 0.3 is 5.97 Å². The van der Waals surface area contributed by atoms with Gasteiger partial charge in [-0.15, -0.1) is 0 Å². The maximum Gasteiger partial charge on any atom is 0.328 e. The summed E-state index contributed by atoms with van der Waals surface area (Å²) in [4.78, 5) is 10.5. The third kappa shape index (κ3) is 6.09. The molecule has 3 heteroatoms. The summed E-state index contributed by atoms with van der Waals surface area (Å²) in [6.07, 6.45) is 4.72. The molecule has 1 N–H and O–H groups in total. The van der Waals surface area contributed by atoms with Crippen LogP contribution in [-0.4, -0.2) is 17.2 Å². The lowest BCUT2D eigenvalue weighted by Gasteiger charge is -2.16. The molecule has 0 aliphatic carbocycles. The van der Waals surface area contributed by atoms with Gasteiger partial charge in [-0.3, -0.25) is 0 Å². The van der Waals surface area contributed by atoms with E-state index in [4.69, 9.17) is 9.84 Å². The van der Waals surface area contributed by atoms with Crippen LogP contribution in [0.1, 0.15) is 30.0 Å². The molecule has 0 aromatic heterocycles. The fraction of sp³-hybridized carbons (Fsp3) is 0.250. The Morgan fingerprint density at radius 2 is 1.78 bits per heavy atom. The standard InChI is InChI=1S/C20H22O3/c1-2-19(23-15-18-6-4-3-5-7-18)14-17-10-8-16(9-11-17)12-13-20(21)22/h3-13,19H,2,14-15H2,1H3,(H,21,22). The first-order chi connectivity index (χ1) is 11.2. The number of rotatable bonds is 8. The smallest absolute Gasteiger partial charge is 0.328 e. The highest BCUT2D eigenvalue weighted by Crippen LogP contribution is 2.13. The molecule has 3 nitrogen and oxygen atoms in total. The van der Waals surface area contributed by atoms with E-state index in [1.54, 1.807) is 6.08 Å². The predicted octanol–water partition coefficient (Wildman–Crippen LogP) is 4.32. The number of hydrogen-bond acceptors (Lipinski definition) is 2. The van der Waals surface area contributed by atoms with Crippen LogP contribution >= 0.6 is 0 Å². The minimum Gasteiger partial charge on any atom is -0.478 e. The zero-order valence-electron chi connectivity index (χ0n) is 13.3. The molecular weight excluding hydrogens is 288 g/mol. The molecule has 0 amide bonds. The van der Waals surface area contributed by atoms with E-state index in [1.165, 1.54) is 11.1 Å². The van der Waals surface area contributed by atoms with Crippen LogP contribution in [0.3, 0.4) is 0 Å². The Labute approximate surface area is 137 Å². The first-order valence-corrected chi connectivity index (χ1v) is 7.83. The molecule has 0 fully saturated rings. The number of benzene rings is 2. The van der Waals surface area contributed by atoms with Gasteiger partial charge < -0.3 is 9.84 Å². The highest BCUT2D eigenvalue weighted by atomic mass is 16.5. The fourth-order valence-electron chi connectivity index (χ4n) is 2.30. The predicted molar refractivity (Wildman–Crippen MR) is 92.1 cm³/mol. The summed E-state index contributed by atoms with van der Waals surface area (Å²) in [6, 6.07) is 18.1. The van der Waals surface area contributed by atoms with Crippen LogP contribution in [0.5, 0.6) is 0 Å². The minimum atomic E-state index is -0.936. The van der Waals surface area contributed by atoms with Crippen molar-refractivity contribution in [3.63, 3.8) is 0 Å². The quantitative estimate of drug-likeness (QED) is 0.739. The lowest BCUT2D eigenvalue weighted by Crippen LogP contribution is -2.15. The second kappa shape index (κ2) is 8.91. The van der Waals surface area contributed by atoms with Crippen molar-refractivity contribution in [3.05, 3.63) is 77.4 Å². The van der Waals surface area contributed by atoms with Crippen LogP contribution < -0.4 is 0 Å². The van der Waals surface area contributed by atoms with Crippen LogP contribution in [0.2, 0.25) is 0 Å². The second-order valence-corrected chi connectivity index (χ2v) is 5.44. The van der Waals surface area contributed by atoms with E-state index < -0.39 is 5.97 Å². The summed E-state index contributed by atoms with van der Waals surface area (Å²) >= 11 is 0. The van der Waals surface area contributed by atoms with Crippen LogP contribution in [0.4, 0.5) is 0 Å². The van der Waals surface area contributed by atoms with Gasteiger partial charge in [-0.1, -0.05) is 61.5 Å². The Morgan fingerprint density at radius 1 is 1.09 bits per heavy atom. The Balaban J connectivity index is 1.89. The molecule has 1 atom stereocenters. The van der Waals surface area contributed by atoms with Crippen molar-refractivity contribution in [1.29, 1.82) is 0 Å². The zero-order valence-corrected chi connectivity index (χ0v) is 13.3. The van der Waals surface area contributed by atoms with Gasteiger partial charge in [-0.2, -0.15) is 0 Å². The van der Waals surface area contributed by atoms with E-state index in [2.05, 4.69) is 19.1 Å². The Kier molecular flexibility index (Phi) is 6.57. The number of ether oxygens (including phenoxy) is 1. The maximum absolute atomic E-state index is 10.5. The molecule has 23 heavy (non-hydrogen) atoms. The molecule has 1 unspecified atom stereocenters. The summed E-state index contributed by atoms with van der Waals surface area (Å²) < 4.78 is 6.00. The first-order valence-electron chi connectivity index (χ1n) is 7.83. The molecule has 0 saturated heterocycles. The Bertz CT molecular complexity index is 630. The normalized spacial score (nSPS) is 12.4. The summed E-state index contributed by atoms with van der Waals surface area (Å²) in [5, 5.41) is 8.63. The van der Waals surface area contributed by atoms with Crippen LogP contribution in [0.15, 0.2) is 60.7 Å². The number of carboxylic acids is 1. The van der Waals surface area contributed by atoms with Gasteiger partial charge in [0.15, 0.2) is 0 Å². The first kappa shape index (κ1) is 17.0. The fourth-order valence-corrected chi connectivity index (χ4v) is 2.30. The Morgan fingerprint density at radius 3 is 2.39 bits per heavy atom. The van der Waals surface area contributed by atoms with Crippen molar-refractivity contribution < 1.29 is 14.6 Å². The Hall–Kier alpha value is -2.39. The highest BCUT2D eigenvalue weighted by molar-refractivity contribution is 5.85. The molecule has 0 spiro atoms. The van der Waals surface area contributed by atoms with Crippen molar-refractivity contribution >= 4 is 12.0 Å². The molecule has 0 radical (unpaired) electrons. The summed E-state index contributed by atoms with van der Waals surface area (Å²) in [6.45, 7) is 2.75. The average molecular weight is 310 g/mol. The van der Waals surface area contributed by atoms with Gasteiger partial charge in [-0.25, -0.2) is 4.79 Å². The van der Waals surface area contributed by atoms with Crippen LogP contribution in [-0.2, 0) is 22.6 Å². The third-order valence-electron chi connectivity index (χ3n) is 3.65. The van der Waals surface area contributed by atoms with E-state index >= 15 is 0 Å². The van der Waals surface area contributed by atoms with E-state index in [0.29, 0.717) is 6.61 Å². The monoisotopic (exact) mass is 310 g/mol. The largest absolute Gasteiger partial charge is 0.478 e. The van der Waals surface area contributed by atoms with Crippen molar-refractivity contribution in [2.75, 3.05) is 0 Å². The maximum atomic E-state index is 10.5. The third-order valence-corrected chi connectivity index (χ3v) is 3.65. The minimum absolute atomic E-state index is 0.176. The highest BCUT2D eigenvalue weighted by Gasteiger charge is 2.08. The number of carboxylic acid groups (broad SMARTS) is 1. The topological polar surface area (TPSA) is 46.5 Å². The summed E-state index contributed by atoms with van der Waals surface area (Å²) in [5.74, 6) is -0.936. The van der Waals surface area contributed by atoms with Gasteiger partial charge in [0, 0.05) is 6.08 Å². The van der Waals surface area contributed by atoms with Gasteiger partial charge in [0.2, 0.25) is 0 Å². The van der Waals surface area contributed by atoms with Gasteiger partial charge in [0.05, 0.1) is 12.7 Å². The lowest BCUT2D eigenvalue weighted by atomic mass is 10.0. The van der Waals surface area contributed by atoms with Crippen molar-refractivity contribution in [2.24, 2.45) is 0 Å². The molecule has 0 heterocycles. The van der Waals surface area contributed by atoms with Gasteiger partial charge in [0.1, 0.15) is 0 Å². The number of aliphatic carboxylic acids is 1. The molecule has 0 bridgehead atoms. The SMILES string of the molecule is CCC(Cc1ccc(C=CC(=O)O)cc1)OCc1ccccc1. The van der Waals surface area contributed by atoms with Gasteiger partial charge in [-0.05, 0) is 35.6 Å². The molecule has 120 valence electrons. The van der Waals surface area contributed by atoms with E-state index in [9.17, 15) is 4.79 Å². The second-order valence-electron chi connectivity index (χ2n) is 5.44. The van der Waals surface area contributed by atoms with Crippen molar-refractivity contribution in [2.45, 2.75) is 32.5 Å². The van der Waals surface area contributed by atoms with Crippen LogP contribution in [0, 0.1) is 0 Å². The summed E-state index contributed by atoms with van der Waals surface area (Å²) in [5.41, 5.74) is 3.26. The average Bonchev–Trinajstić information content (AvgIpc) is 2.58. The molecule has 0 aliphatic heterocycles. The van der Waals surface area contributed by atoms with E-state index in [0.717, 1.165) is 24.5 Å². The van der Waals surface area contributed by atoms with E-state index in [1.807, 2.05) is 42.5 Å². The summed E-state index contributed by atoms with van der Waals surface area (Å²) in [7, 11) is 0. The molecule has 0 saturated carbocycles. The van der Waals surface area contributed by atoms with Crippen molar-refractivity contribution in [3.8, 4) is 0 Å². The molecular formula is C20H22O3. The molecule has 2 aromatic rings. The van der Waals surface area contributed by atoms with Crippen molar-refractivity contribution in [1.82, 2.24) is 0 Å². The van der Waals surface area contributed by atoms with E-state index in [-0.39, 0.29) is 6.10 Å². The molecule has 2 rings (SSSR count). The molecule has 0 aliphatic rings. The molecule has 2 aromatic carbocycles.